The van der Waals surface area contributed by atoms with Crippen LogP contribution in [0, 0.1) is 10.1 Å². The molecule has 0 saturated heterocycles. The normalized spacial score (nSPS) is 12.5. The van der Waals surface area contributed by atoms with Crippen molar-refractivity contribution in [1.82, 2.24) is 4.72 Å². The van der Waals surface area contributed by atoms with Gasteiger partial charge in [0, 0.05) is 12.1 Å². The summed E-state index contributed by atoms with van der Waals surface area (Å²) in [5.74, 6) is 0. The van der Waals surface area contributed by atoms with Crippen LogP contribution in [0.1, 0.15) is 17.2 Å². The van der Waals surface area contributed by atoms with Gasteiger partial charge in [0.1, 0.15) is 0 Å². The van der Waals surface area contributed by atoms with Crippen molar-refractivity contribution in [2.45, 2.75) is 10.9 Å². The van der Waals surface area contributed by atoms with Crippen molar-refractivity contribution in [2.24, 2.45) is 0 Å². The standard InChI is InChI=1S/C23H18N2O4S/c26-25(27)19-13-15-20(16-14-19)30(28,29)24-23(18-8-2-1-3-9-18)22-12-6-10-17-7-4-5-11-21(17)22/h1-16,23-24H/t23-/m0/s1. The molecule has 0 bridgehead atoms. The smallest absolute Gasteiger partial charge is 0.258 e. The molecule has 0 spiro atoms. The Hall–Kier alpha value is -3.55. The fraction of sp³-hybridized carbons (Fsp3) is 0.0435. The third-order valence-corrected chi connectivity index (χ3v) is 6.34. The van der Waals surface area contributed by atoms with Crippen molar-refractivity contribution in [2.75, 3.05) is 0 Å². The second-order valence-corrected chi connectivity index (χ2v) is 8.50. The monoisotopic (exact) mass is 418 g/mol. The van der Waals surface area contributed by atoms with Gasteiger partial charge >= 0.3 is 0 Å². The van der Waals surface area contributed by atoms with Crippen molar-refractivity contribution < 1.29 is 13.3 Å². The Kier molecular flexibility index (Phi) is 5.31. The van der Waals surface area contributed by atoms with Crippen LogP contribution >= 0.6 is 0 Å². The first-order chi connectivity index (χ1) is 14.5. The average Bonchev–Trinajstić information content (AvgIpc) is 2.78. The Morgan fingerprint density at radius 3 is 2.10 bits per heavy atom. The minimum Gasteiger partial charge on any atom is -0.258 e. The number of nitro groups is 1. The summed E-state index contributed by atoms with van der Waals surface area (Å²) in [5, 5.41) is 12.8. The lowest BCUT2D eigenvalue weighted by Gasteiger charge is -2.21. The van der Waals surface area contributed by atoms with Crippen molar-refractivity contribution in [3.05, 3.63) is 118 Å². The quantitative estimate of drug-likeness (QED) is 0.359. The first kappa shape index (κ1) is 19.8. The summed E-state index contributed by atoms with van der Waals surface area (Å²) in [5.41, 5.74) is 1.45. The number of hydrogen-bond donors (Lipinski definition) is 1. The van der Waals surface area contributed by atoms with E-state index in [1.165, 1.54) is 24.3 Å². The van der Waals surface area contributed by atoms with Crippen LogP contribution in [0.3, 0.4) is 0 Å². The Labute approximate surface area is 174 Å². The van der Waals surface area contributed by atoms with Crippen LogP contribution < -0.4 is 4.72 Å². The van der Waals surface area contributed by atoms with Crippen LogP contribution in [-0.2, 0) is 10.0 Å². The molecule has 0 aromatic heterocycles. The average molecular weight is 418 g/mol. The van der Waals surface area contributed by atoms with Crippen molar-refractivity contribution in [3.63, 3.8) is 0 Å². The summed E-state index contributed by atoms with van der Waals surface area (Å²) in [6.07, 6.45) is 0. The summed E-state index contributed by atoms with van der Waals surface area (Å²) in [7, 11) is -3.94. The molecule has 0 aliphatic heterocycles. The molecule has 1 N–H and O–H groups in total. The van der Waals surface area contributed by atoms with Crippen molar-refractivity contribution in [1.29, 1.82) is 0 Å². The highest BCUT2D eigenvalue weighted by Crippen LogP contribution is 2.30. The Morgan fingerprint density at radius 2 is 1.40 bits per heavy atom. The van der Waals surface area contributed by atoms with E-state index in [-0.39, 0.29) is 10.6 Å². The lowest BCUT2D eigenvalue weighted by Crippen LogP contribution is -2.29. The number of non-ortho nitro benzene ring substituents is 1. The molecule has 0 aliphatic rings. The fourth-order valence-electron chi connectivity index (χ4n) is 3.43. The number of rotatable bonds is 6. The van der Waals surface area contributed by atoms with Crippen LogP contribution in [0.4, 0.5) is 5.69 Å². The van der Waals surface area contributed by atoms with E-state index in [0.29, 0.717) is 0 Å². The van der Waals surface area contributed by atoms with E-state index in [4.69, 9.17) is 0 Å². The van der Waals surface area contributed by atoms with Crippen LogP contribution in [-0.4, -0.2) is 13.3 Å². The number of nitrogens with one attached hydrogen (secondary N) is 1. The van der Waals surface area contributed by atoms with E-state index in [1.54, 1.807) is 0 Å². The summed E-state index contributed by atoms with van der Waals surface area (Å²) < 4.78 is 29.0. The molecule has 4 aromatic rings. The molecule has 1 atom stereocenters. The molecule has 150 valence electrons. The Bertz CT molecular complexity index is 1300. The highest BCUT2D eigenvalue weighted by Gasteiger charge is 2.24. The number of fused-ring (bicyclic) bond motifs is 1. The predicted molar refractivity (Wildman–Crippen MR) is 116 cm³/mol. The zero-order valence-corrected chi connectivity index (χ0v) is 16.6. The zero-order chi connectivity index (χ0) is 21.1. The van der Waals surface area contributed by atoms with Crippen molar-refractivity contribution in [3.8, 4) is 0 Å². The largest absolute Gasteiger partial charge is 0.269 e. The van der Waals surface area contributed by atoms with E-state index in [2.05, 4.69) is 4.72 Å². The van der Waals surface area contributed by atoms with E-state index in [0.717, 1.165) is 21.9 Å². The summed E-state index contributed by atoms with van der Waals surface area (Å²) in [4.78, 5) is 10.3. The van der Waals surface area contributed by atoms with E-state index in [9.17, 15) is 18.5 Å². The maximum absolute atomic E-state index is 13.1. The van der Waals surface area contributed by atoms with Gasteiger partial charge in [-0.2, -0.15) is 4.72 Å². The maximum Gasteiger partial charge on any atom is 0.269 e. The van der Waals surface area contributed by atoms with Gasteiger partial charge in [0.15, 0.2) is 0 Å². The number of sulfonamides is 1. The summed E-state index contributed by atoms with van der Waals surface area (Å²) in [6.45, 7) is 0. The molecule has 0 saturated carbocycles. The zero-order valence-electron chi connectivity index (χ0n) is 15.8. The summed E-state index contributed by atoms with van der Waals surface area (Å²) >= 11 is 0. The molecule has 0 heterocycles. The first-order valence-electron chi connectivity index (χ1n) is 9.25. The number of hydrogen-bond acceptors (Lipinski definition) is 4. The van der Waals surface area contributed by atoms with Gasteiger partial charge in [0.05, 0.1) is 15.9 Å². The van der Waals surface area contributed by atoms with Gasteiger partial charge in [0.25, 0.3) is 5.69 Å². The molecule has 0 amide bonds. The first-order valence-corrected chi connectivity index (χ1v) is 10.7. The van der Waals surface area contributed by atoms with E-state index >= 15 is 0 Å². The van der Waals surface area contributed by atoms with Gasteiger partial charge < -0.3 is 0 Å². The minimum atomic E-state index is -3.94. The van der Waals surface area contributed by atoms with Crippen LogP contribution in [0.5, 0.6) is 0 Å². The second-order valence-electron chi connectivity index (χ2n) is 6.78. The number of nitrogens with zero attached hydrogens (tertiary/aromatic N) is 1. The number of benzene rings is 4. The second kappa shape index (κ2) is 8.06. The van der Waals surface area contributed by atoms with Crippen LogP contribution in [0.2, 0.25) is 0 Å². The van der Waals surface area contributed by atoms with Crippen LogP contribution in [0.15, 0.2) is 102 Å². The molecule has 7 heteroatoms. The molecule has 4 aromatic carbocycles. The van der Waals surface area contributed by atoms with Crippen molar-refractivity contribution >= 4 is 26.5 Å². The minimum absolute atomic E-state index is 0.0331. The van der Waals surface area contributed by atoms with Crippen LogP contribution in [0.25, 0.3) is 10.8 Å². The van der Waals surface area contributed by atoms with E-state index in [1.807, 2.05) is 72.8 Å². The van der Waals surface area contributed by atoms with Gasteiger partial charge in [-0.1, -0.05) is 72.8 Å². The molecule has 0 fully saturated rings. The Balaban J connectivity index is 1.80. The molecule has 30 heavy (non-hydrogen) atoms. The van der Waals surface area contributed by atoms with Gasteiger partial charge in [0.2, 0.25) is 10.0 Å². The lowest BCUT2D eigenvalue weighted by atomic mass is 9.94. The SMILES string of the molecule is O=[N+]([O-])c1ccc(S(=O)(=O)N[C@@H](c2ccccc2)c2cccc3ccccc23)cc1. The van der Waals surface area contributed by atoms with E-state index < -0.39 is 21.0 Å². The highest BCUT2D eigenvalue weighted by atomic mass is 32.2. The van der Waals surface area contributed by atoms with Gasteiger partial charge in [-0.3, -0.25) is 10.1 Å². The van der Waals surface area contributed by atoms with Gasteiger partial charge in [-0.25, -0.2) is 8.42 Å². The molecule has 0 aliphatic carbocycles. The molecule has 0 radical (unpaired) electrons. The number of nitro benzene ring substituents is 1. The molecule has 6 nitrogen and oxygen atoms in total. The predicted octanol–water partition coefficient (Wildman–Crippen LogP) is 4.82. The fourth-order valence-corrected chi connectivity index (χ4v) is 4.63. The molecule has 4 rings (SSSR count). The topological polar surface area (TPSA) is 89.3 Å². The lowest BCUT2D eigenvalue weighted by molar-refractivity contribution is -0.384. The highest BCUT2D eigenvalue weighted by molar-refractivity contribution is 7.89. The van der Waals surface area contributed by atoms with Gasteiger partial charge in [-0.05, 0) is 34.0 Å². The molecular formula is C23H18N2O4S. The van der Waals surface area contributed by atoms with Gasteiger partial charge in [-0.15, -0.1) is 0 Å². The molecular weight excluding hydrogens is 400 g/mol. The third-order valence-electron chi connectivity index (χ3n) is 4.90. The molecule has 0 unspecified atom stereocenters. The Morgan fingerprint density at radius 1 is 0.767 bits per heavy atom. The third kappa shape index (κ3) is 3.94. The summed E-state index contributed by atoms with van der Waals surface area (Å²) in [6, 6.07) is 27.1. The maximum atomic E-state index is 13.1.